The van der Waals surface area contributed by atoms with E-state index in [9.17, 15) is 4.79 Å². The van der Waals surface area contributed by atoms with Gasteiger partial charge in [-0.25, -0.2) is 0 Å². The lowest BCUT2D eigenvalue weighted by molar-refractivity contribution is -0.913. The maximum absolute atomic E-state index is 13.2. The first-order valence-electron chi connectivity index (χ1n) is 11.1. The number of quaternary nitrogens is 1. The molecule has 2 aromatic rings. The molecular weight excluding hydrogens is 378 g/mol. The number of methoxy groups -OCH3 is 1. The fourth-order valence-corrected chi connectivity index (χ4v) is 4.64. The van der Waals surface area contributed by atoms with E-state index >= 15 is 0 Å². The van der Waals surface area contributed by atoms with Gasteiger partial charge < -0.3 is 19.1 Å². The van der Waals surface area contributed by atoms with Crippen LogP contribution in [0, 0.1) is 0 Å². The lowest BCUT2D eigenvalue weighted by atomic mass is 9.87. The van der Waals surface area contributed by atoms with E-state index in [0.717, 1.165) is 42.0 Å². The van der Waals surface area contributed by atoms with Gasteiger partial charge in [-0.1, -0.05) is 44.0 Å². The van der Waals surface area contributed by atoms with Gasteiger partial charge in [0.1, 0.15) is 6.04 Å². The minimum atomic E-state index is 0.0370. The molecule has 0 spiro atoms. The van der Waals surface area contributed by atoms with Crippen LogP contribution in [-0.4, -0.2) is 33.3 Å². The minimum Gasteiger partial charge on any atom is -0.492 e. The Bertz CT molecular complexity index is 906. The van der Waals surface area contributed by atoms with Crippen LogP contribution in [0.1, 0.15) is 65.7 Å². The van der Waals surface area contributed by atoms with Gasteiger partial charge in [-0.3, -0.25) is 4.79 Å². The average molecular weight is 411 g/mol. The second kappa shape index (κ2) is 9.09. The number of unbranched alkanes of at least 4 members (excludes halogenated alkanes) is 2. The van der Waals surface area contributed by atoms with E-state index in [0.29, 0.717) is 12.2 Å². The van der Waals surface area contributed by atoms with Crippen LogP contribution in [0.25, 0.3) is 0 Å². The van der Waals surface area contributed by atoms with Gasteiger partial charge in [-0.15, -0.1) is 0 Å². The normalized spacial score (nSPS) is 19.4. The third-order valence-corrected chi connectivity index (χ3v) is 6.41. The van der Waals surface area contributed by atoms with Gasteiger partial charge in [0.15, 0.2) is 17.3 Å². The molecule has 4 rings (SSSR count). The number of likely N-dealkylation sites (N-methyl/N-ethyl adjacent to an activating group) is 1. The van der Waals surface area contributed by atoms with Crippen molar-refractivity contribution < 1.29 is 23.9 Å². The zero-order chi connectivity index (χ0) is 21.1. The lowest BCUT2D eigenvalue weighted by Crippen LogP contribution is -3.10. The highest BCUT2D eigenvalue weighted by Crippen LogP contribution is 2.47. The number of ether oxygens (including phenoxy) is 3. The van der Waals surface area contributed by atoms with E-state index in [1.54, 1.807) is 7.11 Å². The SMILES string of the molecule is CCCCCc1ccc(C(=O)C[C@@H]2c3c(cc4c(c3OC)OCO4)CC[NH+]2C)cc1. The zero-order valence-corrected chi connectivity index (χ0v) is 18.3. The number of rotatable bonds is 8. The minimum absolute atomic E-state index is 0.0370. The molecule has 5 heteroatoms. The van der Waals surface area contributed by atoms with E-state index in [2.05, 4.69) is 32.2 Å². The number of hydrogen-bond acceptors (Lipinski definition) is 4. The van der Waals surface area contributed by atoms with E-state index < -0.39 is 0 Å². The molecule has 1 unspecified atom stereocenters. The highest BCUT2D eigenvalue weighted by molar-refractivity contribution is 5.96. The molecule has 0 bridgehead atoms. The van der Waals surface area contributed by atoms with Gasteiger partial charge in [-0.2, -0.15) is 0 Å². The molecule has 2 atom stereocenters. The number of benzene rings is 2. The maximum Gasteiger partial charge on any atom is 0.231 e. The van der Waals surface area contributed by atoms with Crippen molar-refractivity contribution in [1.29, 1.82) is 0 Å². The smallest absolute Gasteiger partial charge is 0.231 e. The first-order chi connectivity index (χ1) is 14.6. The van der Waals surface area contributed by atoms with E-state index in [-0.39, 0.29) is 18.6 Å². The molecule has 2 aromatic carbocycles. The van der Waals surface area contributed by atoms with Crippen molar-refractivity contribution in [2.75, 3.05) is 27.5 Å². The van der Waals surface area contributed by atoms with Gasteiger partial charge in [0.2, 0.25) is 12.5 Å². The summed E-state index contributed by atoms with van der Waals surface area (Å²) >= 11 is 0. The summed E-state index contributed by atoms with van der Waals surface area (Å²) in [5, 5.41) is 0. The summed E-state index contributed by atoms with van der Waals surface area (Å²) in [6.45, 7) is 3.40. The summed E-state index contributed by atoms with van der Waals surface area (Å²) in [7, 11) is 3.82. The Balaban J connectivity index is 1.56. The quantitative estimate of drug-likeness (QED) is 0.534. The van der Waals surface area contributed by atoms with Crippen molar-refractivity contribution in [3.63, 3.8) is 0 Å². The maximum atomic E-state index is 13.2. The molecule has 2 heterocycles. The Labute approximate surface area is 178 Å². The second-order valence-corrected chi connectivity index (χ2v) is 8.40. The van der Waals surface area contributed by atoms with Crippen LogP contribution in [0.2, 0.25) is 0 Å². The third kappa shape index (κ3) is 4.04. The number of aryl methyl sites for hydroxylation is 1. The van der Waals surface area contributed by atoms with Gasteiger partial charge >= 0.3 is 0 Å². The third-order valence-electron chi connectivity index (χ3n) is 6.41. The summed E-state index contributed by atoms with van der Waals surface area (Å²) in [5.41, 5.74) is 4.38. The number of carbonyl (C=O) groups excluding carboxylic acids is 1. The number of carbonyl (C=O) groups is 1. The number of ketones is 1. The summed E-state index contributed by atoms with van der Waals surface area (Å²) in [6.07, 6.45) is 6.13. The highest BCUT2D eigenvalue weighted by atomic mass is 16.7. The van der Waals surface area contributed by atoms with Crippen LogP contribution < -0.4 is 19.1 Å². The second-order valence-electron chi connectivity index (χ2n) is 8.40. The zero-order valence-electron chi connectivity index (χ0n) is 18.3. The van der Waals surface area contributed by atoms with Crippen LogP contribution >= 0.6 is 0 Å². The molecule has 0 saturated heterocycles. The van der Waals surface area contributed by atoms with Crippen LogP contribution in [-0.2, 0) is 12.8 Å². The van der Waals surface area contributed by atoms with Gasteiger partial charge in [0, 0.05) is 12.0 Å². The Morgan fingerprint density at radius 3 is 2.73 bits per heavy atom. The summed E-state index contributed by atoms with van der Waals surface area (Å²) in [4.78, 5) is 14.5. The fourth-order valence-electron chi connectivity index (χ4n) is 4.64. The molecule has 30 heavy (non-hydrogen) atoms. The summed E-state index contributed by atoms with van der Waals surface area (Å²) in [6, 6.07) is 10.3. The van der Waals surface area contributed by atoms with Crippen molar-refractivity contribution in [2.24, 2.45) is 0 Å². The molecule has 0 fully saturated rings. The van der Waals surface area contributed by atoms with E-state index in [1.807, 2.05) is 12.1 Å². The topological polar surface area (TPSA) is 49.2 Å². The molecule has 0 aliphatic carbocycles. The molecule has 1 N–H and O–H groups in total. The summed E-state index contributed by atoms with van der Waals surface area (Å²) in [5.74, 6) is 2.31. The van der Waals surface area contributed by atoms with Crippen LogP contribution in [0.5, 0.6) is 17.2 Å². The largest absolute Gasteiger partial charge is 0.492 e. The predicted octanol–water partition coefficient (Wildman–Crippen LogP) is 3.54. The van der Waals surface area contributed by atoms with E-state index in [4.69, 9.17) is 14.2 Å². The molecule has 0 saturated carbocycles. The molecule has 5 nitrogen and oxygen atoms in total. The molecule has 160 valence electrons. The van der Waals surface area contributed by atoms with Crippen molar-refractivity contribution in [1.82, 2.24) is 0 Å². The monoisotopic (exact) mass is 410 g/mol. The van der Waals surface area contributed by atoms with Crippen molar-refractivity contribution >= 4 is 5.78 Å². The first-order valence-corrected chi connectivity index (χ1v) is 11.1. The predicted molar refractivity (Wildman–Crippen MR) is 116 cm³/mol. The molecule has 2 aliphatic heterocycles. The molecule has 2 aliphatic rings. The Morgan fingerprint density at radius 1 is 1.20 bits per heavy atom. The number of fused-ring (bicyclic) bond motifs is 2. The van der Waals surface area contributed by atoms with Crippen LogP contribution in [0.15, 0.2) is 30.3 Å². The number of Topliss-reactive ketones (excluding diaryl/α,β-unsaturated/α-hetero) is 1. The molecule has 0 amide bonds. The van der Waals surface area contributed by atoms with Crippen molar-refractivity contribution in [3.8, 4) is 17.2 Å². The Morgan fingerprint density at radius 2 is 2.00 bits per heavy atom. The molecular formula is C25H32NO4+. The average Bonchev–Trinajstić information content (AvgIpc) is 3.23. The fraction of sp³-hybridized carbons (Fsp3) is 0.480. The van der Waals surface area contributed by atoms with Crippen LogP contribution in [0.3, 0.4) is 0 Å². The van der Waals surface area contributed by atoms with Crippen molar-refractivity contribution in [3.05, 3.63) is 52.6 Å². The standard InChI is InChI=1S/C25H31NO4/c1-4-5-6-7-17-8-10-18(11-9-17)21(27)15-20-23-19(12-13-26(20)2)14-22-24(25(23)28-3)30-16-29-22/h8-11,14,20H,4-7,12-13,15-16H2,1-3H3/p+1/t20-/m1/s1. The van der Waals surface area contributed by atoms with Gasteiger partial charge in [0.05, 0.1) is 32.7 Å². The van der Waals surface area contributed by atoms with Gasteiger partial charge in [-0.05, 0) is 30.0 Å². The summed E-state index contributed by atoms with van der Waals surface area (Å²) < 4.78 is 17.0. The Hall–Kier alpha value is -2.53. The molecule has 0 radical (unpaired) electrons. The number of nitrogens with one attached hydrogen (secondary N) is 1. The van der Waals surface area contributed by atoms with Gasteiger partial charge in [0.25, 0.3) is 0 Å². The first kappa shape index (κ1) is 20.7. The van der Waals surface area contributed by atoms with Crippen molar-refractivity contribution in [2.45, 2.75) is 51.5 Å². The lowest BCUT2D eigenvalue weighted by Gasteiger charge is -2.32. The van der Waals surface area contributed by atoms with E-state index in [1.165, 1.54) is 35.3 Å². The Kier molecular flexibility index (Phi) is 6.28. The highest BCUT2D eigenvalue weighted by Gasteiger charge is 2.37. The number of hydrogen-bond donors (Lipinski definition) is 1. The molecule has 0 aromatic heterocycles. The van der Waals surface area contributed by atoms with Crippen LogP contribution in [0.4, 0.5) is 0 Å².